The second kappa shape index (κ2) is 8.06. The van der Waals surface area contributed by atoms with Gasteiger partial charge in [0.15, 0.2) is 0 Å². The highest BCUT2D eigenvalue weighted by molar-refractivity contribution is 7.98. The molecule has 0 unspecified atom stereocenters. The Balaban J connectivity index is 1.32. The second-order valence-electron chi connectivity index (χ2n) is 5.57. The molecule has 0 fully saturated rings. The minimum absolute atomic E-state index is 0.788. The van der Waals surface area contributed by atoms with Crippen LogP contribution in [0.5, 0.6) is 5.75 Å². The van der Waals surface area contributed by atoms with Crippen molar-refractivity contribution in [3.8, 4) is 5.75 Å². The Hall–Kier alpha value is -1.94. The topological polar surface area (TPSA) is 37.9 Å². The Morgan fingerprint density at radius 2 is 1.87 bits per heavy atom. The first-order valence-electron chi connectivity index (χ1n) is 8.03. The summed E-state index contributed by atoms with van der Waals surface area (Å²) in [5.74, 6) is 4.14. The maximum Gasteiger partial charge on any atom is 0.122 e. The number of thioether (sulfide) groups is 1. The van der Waals surface area contributed by atoms with Crippen molar-refractivity contribution in [2.45, 2.75) is 25.5 Å². The molecule has 3 nitrogen and oxygen atoms in total. The van der Waals surface area contributed by atoms with Gasteiger partial charge in [-0.15, -0.1) is 0 Å². The van der Waals surface area contributed by atoms with Crippen LogP contribution >= 0.6 is 11.8 Å². The fourth-order valence-corrected chi connectivity index (χ4v) is 3.33. The molecule has 120 valence electrons. The molecule has 0 radical (unpaired) electrons. The Kier molecular flexibility index (Phi) is 5.59. The summed E-state index contributed by atoms with van der Waals surface area (Å²) in [5, 5.41) is 0. The molecule has 0 saturated heterocycles. The summed E-state index contributed by atoms with van der Waals surface area (Å²) in [6, 6.07) is 16.3. The van der Waals surface area contributed by atoms with E-state index in [1.807, 2.05) is 48.2 Å². The van der Waals surface area contributed by atoms with Crippen LogP contribution in [-0.4, -0.2) is 22.3 Å². The van der Waals surface area contributed by atoms with Gasteiger partial charge in [-0.05, 0) is 49.3 Å². The molecule has 0 spiro atoms. The first kappa shape index (κ1) is 15.9. The number of para-hydroxylation sites is 3. The van der Waals surface area contributed by atoms with Gasteiger partial charge in [0.1, 0.15) is 11.6 Å². The smallest absolute Gasteiger partial charge is 0.122 e. The SMILES string of the molecule is Cc1ccccc1OCCCCSCc1nc2ccccc2[nH]1. The number of hydrogen-bond acceptors (Lipinski definition) is 3. The number of nitrogens with one attached hydrogen (secondary N) is 1. The van der Waals surface area contributed by atoms with E-state index in [1.165, 1.54) is 5.56 Å². The highest BCUT2D eigenvalue weighted by atomic mass is 32.2. The Bertz CT molecular complexity index is 721. The zero-order chi connectivity index (χ0) is 15.9. The quantitative estimate of drug-likeness (QED) is 0.594. The van der Waals surface area contributed by atoms with E-state index in [9.17, 15) is 0 Å². The third-order valence-electron chi connectivity index (χ3n) is 3.71. The average Bonchev–Trinajstić information content (AvgIpc) is 2.98. The molecule has 3 rings (SSSR count). The summed E-state index contributed by atoms with van der Waals surface area (Å²) >= 11 is 1.92. The standard InChI is InChI=1S/C19H22N2OS/c1-15-8-2-5-11-18(15)22-12-6-7-13-23-14-19-20-16-9-3-4-10-17(16)21-19/h2-5,8-11H,6-7,12-14H2,1H3,(H,20,21). The third kappa shape index (κ3) is 4.52. The predicted molar refractivity (Wildman–Crippen MR) is 98.2 cm³/mol. The van der Waals surface area contributed by atoms with E-state index in [0.717, 1.165) is 53.6 Å². The highest BCUT2D eigenvalue weighted by Gasteiger charge is 2.02. The molecule has 0 amide bonds. The number of aromatic nitrogens is 2. The Labute approximate surface area is 141 Å². The van der Waals surface area contributed by atoms with Crippen molar-refractivity contribution < 1.29 is 4.74 Å². The van der Waals surface area contributed by atoms with Crippen molar-refractivity contribution >= 4 is 22.8 Å². The van der Waals surface area contributed by atoms with Gasteiger partial charge in [0.05, 0.1) is 23.4 Å². The van der Waals surface area contributed by atoms with E-state index in [0.29, 0.717) is 0 Å². The lowest BCUT2D eigenvalue weighted by atomic mass is 10.2. The van der Waals surface area contributed by atoms with Crippen LogP contribution in [0.15, 0.2) is 48.5 Å². The van der Waals surface area contributed by atoms with Crippen LogP contribution < -0.4 is 4.74 Å². The van der Waals surface area contributed by atoms with Crippen molar-refractivity contribution in [1.29, 1.82) is 0 Å². The number of imidazole rings is 1. The van der Waals surface area contributed by atoms with Crippen LogP contribution in [0.4, 0.5) is 0 Å². The summed E-state index contributed by atoms with van der Waals surface area (Å²) in [6.45, 7) is 2.87. The maximum absolute atomic E-state index is 5.81. The number of aryl methyl sites for hydroxylation is 1. The van der Waals surface area contributed by atoms with Crippen LogP contribution in [0.2, 0.25) is 0 Å². The predicted octanol–water partition coefficient (Wildman–Crippen LogP) is 4.96. The number of benzene rings is 2. The number of fused-ring (bicyclic) bond motifs is 1. The molecule has 1 N–H and O–H groups in total. The van der Waals surface area contributed by atoms with Crippen LogP contribution in [0.3, 0.4) is 0 Å². The van der Waals surface area contributed by atoms with Gasteiger partial charge in [-0.1, -0.05) is 30.3 Å². The van der Waals surface area contributed by atoms with Crippen molar-refractivity contribution in [2.75, 3.05) is 12.4 Å². The first-order chi connectivity index (χ1) is 11.3. The van der Waals surface area contributed by atoms with Crippen molar-refractivity contribution in [2.24, 2.45) is 0 Å². The molecule has 0 saturated carbocycles. The molecule has 3 aromatic rings. The van der Waals surface area contributed by atoms with Crippen LogP contribution in [0.1, 0.15) is 24.2 Å². The van der Waals surface area contributed by atoms with Gasteiger partial charge in [-0.25, -0.2) is 4.98 Å². The van der Waals surface area contributed by atoms with Gasteiger partial charge in [0.25, 0.3) is 0 Å². The van der Waals surface area contributed by atoms with Crippen LogP contribution in [-0.2, 0) is 5.75 Å². The molecular weight excluding hydrogens is 304 g/mol. The second-order valence-corrected chi connectivity index (χ2v) is 6.68. The number of aromatic amines is 1. The van der Waals surface area contributed by atoms with Gasteiger partial charge in [0.2, 0.25) is 0 Å². The molecule has 0 aliphatic heterocycles. The maximum atomic E-state index is 5.81. The summed E-state index contributed by atoms with van der Waals surface area (Å²) < 4.78 is 5.81. The molecule has 0 bridgehead atoms. The number of rotatable bonds is 8. The molecule has 23 heavy (non-hydrogen) atoms. The minimum Gasteiger partial charge on any atom is -0.493 e. The Morgan fingerprint density at radius 1 is 1.04 bits per heavy atom. The van der Waals surface area contributed by atoms with E-state index >= 15 is 0 Å². The summed E-state index contributed by atoms with van der Waals surface area (Å²) in [5.41, 5.74) is 3.37. The third-order valence-corrected chi connectivity index (χ3v) is 4.77. The lowest BCUT2D eigenvalue weighted by Crippen LogP contribution is -1.99. The van der Waals surface area contributed by atoms with Crippen LogP contribution in [0, 0.1) is 6.92 Å². The molecule has 1 aromatic heterocycles. The van der Waals surface area contributed by atoms with Gasteiger partial charge in [-0.3, -0.25) is 0 Å². The van der Waals surface area contributed by atoms with E-state index in [4.69, 9.17) is 4.74 Å². The monoisotopic (exact) mass is 326 g/mol. The average molecular weight is 326 g/mol. The van der Waals surface area contributed by atoms with Gasteiger partial charge >= 0.3 is 0 Å². The number of ether oxygens (including phenoxy) is 1. The highest BCUT2D eigenvalue weighted by Crippen LogP contribution is 2.18. The fraction of sp³-hybridized carbons (Fsp3) is 0.316. The number of H-pyrrole nitrogens is 1. The number of hydrogen-bond donors (Lipinski definition) is 1. The van der Waals surface area contributed by atoms with Crippen molar-refractivity contribution in [3.63, 3.8) is 0 Å². The largest absolute Gasteiger partial charge is 0.493 e. The lowest BCUT2D eigenvalue weighted by molar-refractivity contribution is 0.308. The number of nitrogens with zero attached hydrogens (tertiary/aromatic N) is 1. The molecular formula is C19H22N2OS. The van der Waals surface area contributed by atoms with Gasteiger partial charge in [-0.2, -0.15) is 11.8 Å². The van der Waals surface area contributed by atoms with E-state index in [-0.39, 0.29) is 0 Å². The van der Waals surface area contributed by atoms with Crippen molar-refractivity contribution in [3.05, 3.63) is 59.9 Å². The first-order valence-corrected chi connectivity index (χ1v) is 9.18. The van der Waals surface area contributed by atoms with E-state index in [1.54, 1.807) is 0 Å². The number of unbranched alkanes of at least 4 members (excludes halogenated alkanes) is 1. The van der Waals surface area contributed by atoms with E-state index in [2.05, 4.69) is 29.0 Å². The molecule has 2 aromatic carbocycles. The summed E-state index contributed by atoms with van der Waals surface area (Å²) in [4.78, 5) is 7.96. The van der Waals surface area contributed by atoms with Crippen LogP contribution in [0.25, 0.3) is 11.0 Å². The zero-order valence-corrected chi connectivity index (χ0v) is 14.2. The van der Waals surface area contributed by atoms with Gasteiger partial charge < -0.3 is 9.72 Å². The molecule has 0 aliphatic carbocycles. The lowest BCUT2D eigenvalue weighted by Gasteiger charge is -2.08. The molecule has 1 heterocycles. The zero-order valence-electron chi connectivity index (χ0n) is 13.4. The summed E-state index contributed by atoms with van der Waals surface area (Å²) in [7, 11) is 0. The molecule has 0 atom stereocenters. The Morgan fingerprint density at radius 3 is 2.74 bits per heavy atom. The van der Waals surface area contributed by atoms with Gasteiger partial charge in [0, 0.05) is 0 Å². The molecule has 4 heteroatoms. The van der Waals surface area contributed by atoms with E-state index < -0.39 is 0 Å². The minimum atomic E-state index is 0.788. The molecule has 0 aliphatic rings. The fourth-order valence-electron chi connectivity index (χ4n) is 2.45. The van der Waals surface area contributed by atoms with Crippen molar-refractivity contribution in [1.82, 2.24) is 9.97 Å². The summed E-state index contributed by atoms with van der Waals surface area (Å²) in [6.07, 6.45) is 2.25. The normalized spacial score (nSPS) is 11.0.